The average molecular weight is 295 g/mol. The standard InChI is InChI=1S/C16H17N5O/c1-11-10-22-9-8-21(11)14-4-7-19-16(20-14)13-3-6-18-15-12(13)2-5-17-15/h2-7,11H,8-10H2,1H3,(H,17,18)/t11-/m1/s1. The van der Waals surface area contributed by atoms with E-state index < -0.39 is 0 Å². The fraction of sp³-hybridized carbons (Fsp3) is 0.312. The van der Waals surface area contributed by atoms with Crippen LogP contribution in [-0.4, -0.2) is 45.7 Å². The fourth-order valence-electron chi connectivity index (χ4n) is 2.86. The first-order valence-corrected chi connectivity index (χ1v) is 7.43. The van der Waals surface area contributed by atoms with Crippen LogP contribution in [0.15, 0.2) is 36.8 Å². The average Bonchev–Trinajstić information content (AvgIpc) is 3.04. The number of nitrogens with one attached hydrogen (secondary N) is 1. The Morgan fingerprint density at radius 3 is 3.05 bits per heavy atom. The molecule has 4 rings (SSSR count). The highest BCUT2D eigenvalue weighted by atomic mass is 16.5. The molecule has 1 N–H and O–H groups in total. The number of fused-ring (bicyclic) bond motifs is 1. The van der Waals surface area contributed by atoms with Gasteiger partial charge in [-0.3, -0.25) is 0 Å². The number of hydrogen-bond donors (Lipinski definition) is 1. The van der Waals surface area contributed by atoms with Gasteiger partial charge in [0.2, 0.25) is 0 Å². The molecule has 22 heavy (non-hydrogen) atoms. The number of hydrogen-bond acceptors (Lipinski definition) is 5. The van der Waals surface area contributed by atoms with Crippen LogP contribution in [0.25, 0.3) is 22.4 Å². The lowest BCUT2D eigenvalue weighted by Crippen LogP contribution is -2.44. The third kappa shape index (κ3) is 2.21. The van der Waals surface area contributed by atoms with Gasteiger partial charge in [0.15, 0.2) is 5.82 Å². The molecule has 6 nitrogen and oxygen atoms in total. The van der Waals surface area contributed by atoms with E-state index in [1.54, 1.807) is 6.20 Å². The predicted octanol–water partition coefficient (Wildman–Crippen LogP) is 2.25. The first kappa shape index (κ1) is 13.2. The Morgan fingerprint density at radius 2 is 2.14 bits per heavy atom. The van der Waals surface area contributed by atoms with Crippen LogP contribution in [0, 0.1) is 0 Å². The number of pyridine rings is 1. The number of nitrogens with zero attached hydrogens (tertiary/aromatic N) is 4. The van der Waals surface area contributed by atoms with Crippen LogP contribution in [0.1, 0.15) is 6.92 Å². The van der Waals surface area contributed by atoms with E-state index in [0.29, 0.717) is 6.04 Å². The SMILES string of the molecule is C[C@@H]1COCCN1c1ccnc(-c2ccnc3[nH]ccc23)n1. The highest BCUT2D eigenvalue weighted by Crippen LogP contribution is 2.26. The van der Waals surface area contributed by atoms with E-state index in [4.69, 9.17) is 9.72 Å². The molecule has 1 saturated heterocycles. The number of morpholine rings is 1. The summed E-state index contributed by atoms with van der Waals surface area (Å²) in [7, 11) is 0. The summed E-state index contributed by atoms with van der Waals surface area (Å²) in [4.78, 5) is 18.9. The van der Waals surface area contributed by atoms with Gasteiger partial charge in [-0.1, -0.05) is 0 Å². The van der Waals surface area contributed by atoms with E-state index in [2.05, 4.69) is 26.8 Å². The number of ether oxygens (including phenoxy) is 1. The summed E-state index contributed by atoms with van der Waals surface area (Å²) >= 11 is 0. The lowest BCUT2D eigenvalue weighted by atomic mass is 10.1. The molecule has 1 atom stereocenters. The van der Waals surface area contributed by atoms with Crippen molar-refractivity contribution in [1.29, 1.82) is 0 Å². The second kappa shape index (κ2) is 5.38. The Morgan fingerprint density at radius 1 is 1.23 bits per heavy atom. The number of H-pyrrole nitrogens is 1. The number of aromatic nitrogens is 4. The summed E-state index contributed by atoms with van der Waals surface area (Å²) in [5.74, 6) is 1.67. The lowest BCUT2D eigenvalue weighted by molar-refractivity contribution is 0.0985. The maximum Gasteiger partial charge on any atom is 0.162 e. The van der Waals surface area contributed by atoms with Gasteiger partial charge >= 0.3 is 0 Å². The zero-order valence-electron chi connectivity index (χ0n) is 12.4. The topological polar surface area (TPSA) is 66.9 Å². The zero-order valence-corrected chi connectivity index (χ0v) is 12.4. The Bertz CT molecular complexity index is 800. The Hall–Kier alpha value is -2.47. The van der Waals surface area contributed by atoms with Crippen molar-refractivity contribution in [3.8, 4) is 11.4 Å². The summed E-state index contributed by atoms with van der Waals surface area (Å²) in [5, 5.41) is 1.04. The molecule has 0 unspecified atom stereocenters. The van der Waals surface area contributed by atoms with Crippen molar-refractivity contribution in [2.75, 3.05) is 24.7 Å². The van der Waals surface area contributed by atoms with Crippen LogP contribution < -0.4 is 4.90 Å². The van der Waals surface area contributed by atoms with Gasteiger partial charge in [0.1, 0.15) is 11.5 Å². The fourth-order valence-corrected chi connectivity index (χ4v) is 2.86. The highest BCUT2D eigenvalue weighted by molar-refractivity contribution is 5.90. The Kier molecular flexibility index (Phi) is 3.23. The molecule has 0 bridgehead atoms. The molecule has 3 aromatic heterocycles. The van der Waals surface area contributed by atoms with E-state index in [-0.39, 0.29) is 0 Å². The van der Waals surface area contributed by atoms with Gasteiger partial charge in [-0.15, -0.1) is 0 Å². The van der Waals surface area contributed by atoms with E-state index >= 15 is 0 Å². The monoisotopic (exact) mass is 295 g/mol. The van der Waals surface area contributed by atoms with Crippen molar-refractivity contribution >= 4 is 16.9 Å². The van der Waals surface area contributed by atoms with E-state index in [1.165, 1.54) is 0 Å². The van der Waals surface area contributed by atoms with Crippen molar-refractivity contribution < 1.29 is 4.74 Å². The second-order valence-electron chi connectivity index (χ2n) is 5.45. The minimum Gasteiger partial charge on any atom is -0.377 e. The van der Waals surface area contributed by atoms with Crippen molar-refractivity contribution in [3.63, 3.8) is 0 Å². The molecule has 0 saturated carbocycles. The third-order valence-electron chi connectivity index (χ3n) is 4.00. The summed E-state index contributed by atoms with van der Waals surface area (Å²) in [6.45, 7) is 4.48. The number of aromatic amines is 1. The van der Waals surface area contributed by atoms with Crippen LogP contribution in [0.4, 0.5) is 5.82 Å². The molecule has 3 aromatic rings. The minimum atomic E-state index is 0.321. The van der Waals surface area contributed by atoms with Crippen LogP contribution in [0.2, 0.25) is 0 Å². The van der Waals surface area contributed by atoms with Crippen LogP contribution in [0.5, 0.6) is 0 Å². The van der Waals surface area contributed by atoms with Crippen molar-refractivity contribution in [1.82, 2.24) is 19.9 Å². The van der Waals surface area contributed by atoms with Crippen molar-refractivity contribution in [2.24, 2.45) is 0 Å². The smallest absolute Gasteiger partial charge is 0.162 e. The first-order valence-electron chi connectivity index (χ1n) is 7.43. The van der Waals surface area contributed by atoms with E-state index in [9.17, 15) is 0 Å². The molecule has 0 aliphatic carbocycles. The van der Waals surface area contributed by atoms with Gasteiger partial charge in [-0.05, 0) is 25.1 Å². The molecule has 0 radical (unpaired) electrons. The maximum absolute atomic E-state index is 5.50. The molecule has 0 amide bonds. The van der Waals surface area contributed by atoms with Crippen LogP contribution in [0.3, 0.4) is 0 Å². The normalized spacial score (nSPS) is 18.8. The molecule has 112 valence electrons. The number of rotatable bonds is 2. The van der Waals surface area contributed by atoms with Gasteiger partial charge in [0.25, 0.3) is 0 Å². The van der Waals surface area contributed by atoms with Crippen LogP contribution >= 0.6 is 0 Å². The molecule has 4 heterocycles. The molecular weight excluding hydrogens is 278 g/mol. The molecule has 6 heteroatoms. The van der Waals surface area contributed by atoms with Crippen molar-refractivity contribution in [2.45, 2.75) is 13.0 Å². The van der Waals surface area contributed by atoms with Crippen molar-refractivity contribution in [3.05, 3.63) is 36.8 Å². The summed E-state index contributed by atoms with van der Waals surface area (Å²) in [5.41, 5.74) is 1.85. The second-order valence-corrected chi connectivity index (χ2v) is 5.45. The minimum absolute atomic E-state index is 0.321. The first-order chi connectivity index (χ1) is 10.8. The molecule has 1 aliphatic heterocycles. The lowest BCUT2D eigenvalue weighted by Gasteiger charge is -2.34. The van der Waals surface area contributed by atoms with Gasteiger partial charge in [-0.2, -0.15) is 0 Å². The van der Waals surface area contributed by atoms with Crippen LogP contribution in [-0.2, 0) is 4.74 Å². The summed E-state index contributed by atoms with van der Waals surface area (Å²) < 4.78 is 5.50. The highest BCUT2D eigenvalue weighted by Gasteiger charge is 2.21. The van der Waals surface area contributed by atoms with Gasteiger partial charge in [0, 0.05) is 36.1 Å². The van der Waals surface area contributed by atoms with Gasteiger partial charge in [0.05, 0.1) is 19.3 Å². The van der Waals surface area contributed by atoms with E-state index in [0.717, 1.165) is 48.0 Å². The molecule has 0 spiro atoms. The molecule has 1 aliphatic rings. The van der Waals surface area contributed by atoms with Gasteiger partial charge in [-0.25, -0.2) is 15.0 Å². The quantitative estimate of drug-likeness (QED) is 0.785. The largest absolute Gasteiger partial charge is 0.377 e. The molecule has 0 aromatic carbocycles. The Labute approximate surface area is 128 Å². The molecular formula is C16H17N5O. The summed E-state index contributed by atoms with van der Waals surface area (Å²) in [6, 6.07) is 6.24. The Balaban J connectivity index is 1.77. The van der Waals surface area contributed by atoms with Gasteiger partial charge < -0.3 is 14.6 Å². The maximum atomic E-state index is 5.50. The predicted molar refractivity (Wildman–Crippen MR) is 84.7 cm³/mol. The summed E-state index contributed by atoms with van der Waals surface area (Å²) in [6.07, 6.45) is 5.48. The number of anilines is 1. The zero-order chi connectivity index (χ0) is 14.9. The molecule has 1 fully saturated rings. The van der Waals surface area contributed by atoms with E-state index in [1.807, 2.05) is 30.6 Å². The third-order valence-corrected chi connectivity index (χ3v) is 4.00.